The van der Waals surface area contributed by atoms with Crippen LogP contribution in [-0.4, -0.2) is 86.2 Å². The molecule has 18 heavy (non-hydrogen) atoms. The van der Waals surface area contributed by atoms with Gasteiger partial charge in [0.25, 0.3) is 0 Å². The van der Waals surface area contributed by atoms with Gasteiger partial charge in [-0.15, -0.1) is 0 Å². The van der Waals surface area contributed by atoms with Crippen LogP contribution in [0.3, 0.4) is 0 Å². The van der Waals surface area contributed by atoms with Crippen LogP contribution in [-0.2, 0) is 9.59 Å². The Labute approximate surface area is 107 Å². The second-order valence-corrected chi connectivity index (χ2v) is 4.31. The Kier molecular flexibility index (Phi) is 7.31. The van der Waals surface area contributed by atoms with Crippen LogP contribution in [0.1, 0.15) is 0 Å². The number of hydrogen-bond acceptors (Lipinski definition) is 5. The summed E-state index contributed by atoms with van der Waals surface area (Å²) >= 11 is 0. The Hall–Kier alpha value is -1.18. The molecule has 0 unspecified atom stereocenters. The van der Waals surface area contributed by atoms with E-state index in [1.54, 1.807) is 4.90 Å². The molecule has 3 N–H and O–H groups in total. The summed E-state index contributed by atoms with van der Waals surface area (Å²) in [6.07, 6.45) is 0.867. The van der Waals surface area contributed by atoms with E-state index in [0.717, 1.165) is 32.6 Å². The van der Waals surface area contributed by atoms with Gasteiger partial charge in [0.1, 0.15) is 0 Å². The van der Waals surface area contributed by atoms with Crippen molar-refractivity contribution in [2.75, 3.05) is 58.9 Å². The summed E-state index contributed by atoms with van der Waals surface area (Å²) in [7, 11) is 0. The zero-order valence-electron chi connectivity index (χ0n) is 10.6. The van der Waals surface area contributed by atoms with E-state index in [0.29, 0.717) is 26.2 Å². The smallest absolute Gasteiger partial charge is 0.317 e. The average Bonchev–Trinajstić information content (AvgIpc) is 2.32. The Balaban J connectivity index is 2.35. The Morgan fingerprint density at radius 2 is 1.56 bits per heavy atom. The van der Waals surface area contributed by atoms with Crippen molar-refractivity contribution in [1.29, 1.82) is 0 Å². The molecule has 0 aromatic rings. The molecule has 1 saturated heterocycles. The van der Waals surface area contributed by atoms with Crippen LogP contribution in [0.15, 0.2) is 0 Å². The second-order valence-electron chi connectivity index (χ2n) is 4.31. The SMILES string of the molecule is O=CN1CCNCCN(CC(=O)O)CCNCC1. The summed E-state index contributed by atoms with van der Waals surface area (Å²) < 4.78 is 0. The third kappa shape index (κ3) is 6.53. The number of amides is 1. The van der Waals surface area contributed by atoms with Gasteiger partial charge < -0.3 is 20.6 Å². The van der Waals surface area contributed by atoms with E-state index in [-0.39, 0.29) is 6.54 Å². The van der Waals surface area contributed by atoms with E-state index >= 15 is 0 Å². The quantitative estimate of drug-likeness (QED) is 0.509. The maximum absolute atomic E-state index is 10.7. The second kappa shape index (κ2) is 8.84. The Morgan fingerprint density at radius 3 is 2.00 bits per heavy atom. The molecule has 7 nitrogen and oxygen atoms in total. The van der Waals surface area contributed by atoms with Gasteiger partial charge in [-0.3, -0.25) is 14.5 Å². The van der Waals surface area contributed by atoms with Crippen LogP contribution in [0, 0.1) is 0 Å². The zero-order valence-corrected chi connectivity index (χ0v) is 10.6. The number of carbonyl (C=O) groups is 2. The molecular formula is C11H22N4O3. The van der Waals surface area contributed by atoms with Crippen molar-refractivity contribution in [1.82, 2.24) is 20.4 Å². The molecular weight excluding hydrogens is 236 g/mol. The molecule has 0 radical (unpaired) electrons. The highest BCUT2D eigenvalue weighted by atomic mass is 16.4. The van der Waals surface area contributed by atoms with Crippen molar-refractivity contribution in [3.05, 3.63) is 0 Å². The van der Waals surface area contributed by atoms with Crippen molar-refractivity contribution in [3.8, 4) is 0 Å². The summed E-state index contributed by atoms with van der Waals surface area (Å²) in [4.78, 5) is 25.1. The highest BCUT2D eigenvalue weighted by Crippen LogP contribution is 1.88. The number of nitrogens with one attached hydrogen (secondary N) is 2. The van der Waals surface area contributed by atoms with Crippen LogP contribution in [0.5, 0.6) is 0 Å². The number of carboxylic acids is 1. The Bertz CT molecular complexity index is 249. The molecule has 0 bridgehead atoms. The molecule has 0 aromatic heterocycles. The van der Waals surface area contributed by atoms with Gasteiger partial charge in [-0.25, -0.2) is 0 Å². The molecule has 1 aliphatic heterocycles. The third-order valence-corrected chi connectivity index (χ3v) is 2.87. The zero-order chi connectivity index (χ0) is 13.2. The lowest BCUT2D eigenvalue weighted by atomic mass is 10.4. The summed E-state index contributed by atoms with van der Waals surface area (Å²) in [6, 6.07) is 0. The third-order valence-electron chi connectivity index (χ3n) is 2.87. The molecule has 1 fully saturated rings. The minimum Gasteiger partial charge on any atom is -0.480 e. The first-order valence-electron chi connectivity index (χ1n) is 6.27. The minimum atomic E-state index is -0.797. The number of nitrogens with zero attached hydrogens (tertiary/aromatic N) is 2. The first kappa shape index (κ1) is 14.9. The predicted octanol–water partition coefficient (Wildman–Crippen LogP) is -1.98. The van der Waals surface area contributed by atoms with Crippen molar-refractivity contribution in [2.45, 2.75) is 0 Å². The van der Waals surface area contributed by atoms with Gasteiger partial charge in [-0.05, 0) is 0 Å². The lowest BCUT2D eigenvalue weighted by molar-refractivity contribution is -0.138. The van der Waals surface area contributed by atoms with Crippen molar-refractivity contribution < 1.29 is 14.7 Å². The van der Waals surface area contributed by atoms with E-state index in [1.165, 1.54) is 0 Å². The number of carboxylic acid groups (broad SMARTS) is 1. The number of rotatable bonds is 3. The molecule has 0 aliphatic carbocycles. The molecule has 1 heterocycles. The molecule has 0 spiro atoms. The van der Waals surface area contributed by atoms with E-state index in [2.05, 4.69) is 10.6 Å². The monoisotopic (exact) mass is 258 g/mol. The van der Waals surface area contributed by atoms with Crippen LogP contribution in [0.2, 0.25) is 0 Å². The van der Waals surface area contributed by atoms with Gasteiger partial charge in [0.05, 0.1) is 6.54 Å². The standard InChI is InChI=1S/C11H22N4O3/c16-10-15-7-3-12-1-5-14(9-11(17)18)6-2-13-4-8-15/h10,12-13H,1-9H2,(H,17,18). The molecule has 104 valence electrons. The van der Waals surface area contributed by atoms with Crippen LogP contribution < -0.4 is 10.6 Å². The van der Waals surface area contributed by atoms with E-state index in [4.69, 9.17) is 5.11 Å². The fraction of sp³-hybridized carbons (Fsp3) is 0.818. The van der Waals surface area contributed by atoms with Crippen LogP contribution in [0.4, 0.5) is 0 Å². The summed E-state index contributed by atoms with van der Waals surface area (Å²) in [5.41, 5.74) is 0. The normalized spacial score (nSPS) is 20.8. The maximum Gasteiger partial charge on any atom is 0.317 e. The fourth-order valence-corrected chi connectivity index (χ4v) is 1.85. The molecule has 0 aromatic carbocycles. The molecule has 1 aliphatic rings. The first-order chi connectivity index (χ1) is 8.72. The number of aliphatic carboxylic acids is 1. The molecule has 0 saturated carbocycles. The van der Waals surface area contributed by atoms with Crippen molar-refractivity contribution in [2.24, 2.45) is 0 Å². The first-order valence-corrected chi connectivity index (χ1v) is 6.27. The lowest BCUT2D eigenvalue weighted by Crippen LogP contribution is -2.44. The fourth-order valence-electron chi connectivity index (χ4n) is 1.85. The maximum atomic E-state index is 10.7. The van der Waals surface area contributed by atoms with Gasteiger partial charge in [-0.2, -0.15) is 0 Å². The summed E-state index contributed by atoms with van der Waals surface area (Å²) in [6.45, 7) is 5.79. The van der Waals surface area contributed by atoms with Crippen molar-refractivity contribution in [3.63, 3.8) is 0 Å². The molecule has 0 atom stereocenters. The Morgan fingerprint density at radius 1 is 1.06 bits per heavy atom. The highest BCUT2D eigenvalue weighted by Gasteiger charge is 2.10. The minimum absolute atomic E-state index is 0.0732. The number of hydrogen-bond donors (Lipinski definition) is 3. The molecule has 1 amide bonds. The topological polar surface area (TPSA) is 84.9 Å². The summed E-state index contributed by atoms with van der Waals surface area (Å²) in [5.74, 6) is -0.797. The molecule has 1 rings (SSSR count). The number of carbonyl (C=O) groups excluding carboxylic acids is 1. The van der Waals surface area contributed by atoms with E-state index in [9.17, 15) is 9.59 Å². The van der Waals surface area contributed by atoms with Crippen LogP contribution in [0.25, 0.3) is 0 Å². The van der Waals surface area contributed by atoms with E-state index < -0.39 is 5.97 Å². The van der Waals surface area contributed by atoms with Crippen LogP contribution >= 0.6 is 0 Å². The average molecular weight is 258 g/mol. The van der Waals surface area contributed by atoms with E-state index in [1.807, 2.05) is 4.90 Å². The van der Waals surface area contributed by atoms with Gasteiger partial charge >= 0.3 is 5.97 Å². The van der Waals surface area contributed by atoms with Gasteiger partial charge in [-0.1, -0.05) is 0 Å². The highest BCUT2D eigenvalue weighted by molar-refractivity contribution is 5.69. The van der Waals surface area contributed by atoms with Gasteiger partial charge in [0.2, 0.25) is 6.41 Å². The predicted molar refractivity (Wildman–Crippen MR) is 67.5 cm³/mol. The van der Waals surface area contributed by atoms with Crippen molar-refractivity contribution >= 4 is 12.4 Å². The summed E-state index contributed by atoms with van der Waals surface area (Å²) in [5, 5.41) is 15.2. The molecule has 7 heteroatoms. The van der Waals surface area contributed by atoms with Gasteiger partial charge in [0, 0.05) is 52.4 Å². The van der Waals surface area contributed by atoms with Gasteiger partial charge in [0.15, 0.2) is 0 Å². The lowest BCUT2D eigenvalue weighted by Gasteiger charge is -2.23. The largest absolute Gasteiger partial charge is 0.480 e.